The van der Waals surface area contributed by atoms with Crippen molar-refractivity contribution in [2.45, 2.75) is 0 Å². The van der Waals surface area contributed by atoms with Gasteiger partial charge in [-0.3, -0.25) is 4.79 Å². The Morgan fingerprint density at radius 3 is 2.64 bits per heavy atom. The number of amides is 1. The van der Waals surface area contributed by atoms with Crippen molar-refractivity contribution in [3.63, 3.8) is 0 Å². The van der Waals surface area contributed by atoms with Crippen LogP contribution >= 0.6 is 11.6 Å². The fraction of sp³-hybridized carbons (Fsp3) is 0.125. The molecule has 0 aliphatic carbocycles. The molecule has 6 heteroatoms. The lowest BCUT2D eigenvalue weighted by Crippen LogP contribution is -2.20. The van der Waals surface area contributed by atoms with Gasteiger partial charge in [0, 0.05) is 0 Å². The van der Waals surface area contributed by atoms with Gasteiger partial charge in [0.25, 0.3) is 5.91 Å². The molecule has 2 rings (SSSR count). The summed E-state index contributed by atoms with van der Waals surface area (Å²) >= 11 is 5.95. The summed E-state index contributed by atoms with van der Waals surface area (Å²) in [4.78, 5) is 23.2. The van der Waals surface area contributed by atoms with Gasteiger partial charge >= 0.3 is 5.97 Å². The Bertz CT molecular complexity index is 687. The zero-order valence-corrected chi connectivity index (χ0v) is 12.6. The van der Waals surface area contributed by atoms with Crippen LogP contribution in [0.1, 0.15) is 10.4 Å². The summed E-state index contributed by atoms with van der Waals surface area (Å²) in [6, 6.07) is 13.3. The summed E-state index contributed by atoms with van der Waals surface area (Å²) in [5, 5.41) is 3.09. The van der Waals surface area contributed by atoms with Gasteiger partial charge in [0.05, 0.1) is 23.4 Å². The van der Waals surface area contributed by atoms with Gasteiger partial charge < -0.3 is 14.8 Å². The summed E-state index contributed by atoms with van der Waals surface area (Å²) in [6.45, 7) is -0.199. The molecule has 22 heavy (non-hydrogen) atoms. The van der Waals surface area contributed by atoms with Crippen molar-refractivity contribution in [1.29, 1.82) is 0 Å². The lowest BCUT2D eigenvalue weighted by Gasteiger charge is -2.09. The van der Waals surface area contributed by atoms with Crippen LogP contribution in [0.5, 0.6) is 5.75 Å². The second kappa shape index (κ2) is 7.47. The van der Waals surface area contributed by atoms with Crippen LogP contribution in [0.4, 0.5) is 5.69 Å². The average molecular weight is 320 g/mol. The zero-order valence-electron chi connectivity index (χ0n) is 11.8. The monoisotopic (exact) mass is 319 g/mol. The number of hydrogen-bond donors (Lipinski definition) is 1. The Balaban J connectivity index is 1.94. The van der Waals surface area contributed by atoms with Crippen LogP contribution in [0.15, 0.2) is 48.5 Å². The zero-order chi connectivity index (χ0) is 15.9. The number of benzene rings is 2. The second-order valence-electron chi connectivity index (χ2n) is 4.34. The van der Waals surface area contributed by atoms with E-state index in [4.69, 9.17) is 16.3 Å². The van der Waals surface area contributed by atoms with E-state index in [0.717, 1.165) is 0 Å². The molecule has 2 aromatic carbocycles. The molecule has 2 aromatic rings. The molecule has 0 aliphatic heterocycles. The number of esters is 1. The first-order valence-electron chi connectivity index (χ1n) is 6.45. The Morgan fingerprint density at radius 1 is 1.14 bits per heavy atom. The van der Waals surface area contributed by atoms with Gasteiger partial charge in [-0.05, 0) is 30.3 Å². The number of rotatable bonds is 5. The minimum absolute atomic E-state index is 0.199. The van der Waals surface area contributed by atoms with Crippen molar-refractivity contribution in [2.75, 3.05) is 19.0 Å². The Kier molecular flexibility index (Phi) is 5.38. The van der Waals surface area contributed by atoms with E-state index in [1.54, 1.807) is 42.5 Å². The van der Waals surface area contributed by atoms with Crippen molar-refractivity contribution >= 4 is 29.2 Å². The van der Waals surface area contributed by atoms with E-state index in [0.29, 0.717) is 22.0 Å². The van der Waals surface area contributed by atoms with E-state index >= 15 is 0 Å². The Labute approximate surface area is 132 Å². The minimum Gasteiger partial charge on any atom is -0.484 e. The van der Waals surface area contributed by atoms with Crippen LogP contribution in [0.2, 0.25) is 5.02 Å². The molecule has 114 valence electrons. The van der Waals surface area contributed by atoms with Crippen LogP contribution in [0.3, 0.4) is 0 Å². The maximum absolute atomic E-state index is 11.8. The standard InChI is InChI=1S/C16H14ClNO4/c1-21-16(20)11-5-4-6-12(9-11)22-10-15(19)18-14-8-3-2-7-13(14)17/h2-9H,10H2,1H3,(H,18,19). The van der Waals surface area contributed by atoms with Crippen molar-refractivity contribution in [3.05, 3.63) is 59.1 Å². The quantitative estimate of drug-likeness (QED) is 0.860. The van der Waals surface area contributed by atoms with E-state index in [2.05, 4.69) is 10.1 Å². The molecule has 0 saturated carbocycles. The first-order valence-corrected chi connectivity index (χ1v) is 6.83. The van der Waals surface area contributed by atoms with Crippen LogP contribution in [0, 0.1) is 0 Å². The number of halogens is 1. The SMILES string of the molecule is COC(=O)c1cccc(OCC(=O)Nc2ccccc2Cl)c1. The summed E-state index contributed by atoms with van der Waals surface area (Å²) in [5.74, 6) is -0.417. The number of hydrogen-bond acceptors (Lipinski definition) is 4. The smallest absolute Gasteiger partial charge is 0.337 e. The number of ether oxygens (including phenoxy) is 2. The van der Waals surface area contributed by atoms with Crippen LogP contribution in [-0.4, -0.2) is 25.6 Å². The van der Waals surface area contributed by atoms with Gasteiger partial charge in [-0.2, -0.15) is 0 Å². The molecule has 5 nitrogen and oxygen atoms in total. The van der Waals surface area contributed by atoms with Gasteiger partial charge in [0.2, 0.25) is 0 Å². The molecule has 0 heterocycles. The van der Waals surface area contributed by atoms with Crippen LogP contribution < -0.4 is 10.1 Å². The molecule has 0 radical (unpaired) electrons. The number of carbonyl (C=O) groups excluding carboxylic acids is 2. The van der Waals surface area contributed by atoms with Crippen molar-refractivity contribution in [1.82, 2.24) is 0 Å². The molecule has 1 amide bonds. The molecule has 1 N–H and O–H groups in total. The highest BCUT2D eigenvalue weighted by Crippen LogP contribution is 2.20. The topological polar surface area (TPSA) is 64.6 Å². The van der Waals surface area contributed by atoms with E-state index in [9.17, 15) is 9.59 Å². The number of anilines is 1. The van der Waals surface area contributed by atoms with E-state index in [-0.39, 0.29) is 12.5 Å². The van der Waals surface area contributed by atoms with E-state index < -0.39 is 5.97 Å². The molecular weight excluding hydrogens is 306 g/mol. The third-order valence-electron chi connectivity index (χ3n) is 2.77. The molecule has 0 saturated heterocycles. The lowest BCUT2D eigenvalue weighted by atomic mass is 10.2. The summed E-state index contributed by atoms with van der Waals surface area (Å²) in [7, 11) is 1.30. The van der Waals surface area contributed by atoms with Crippen molar-refractivity contribution in [3.8, 4) is 5.75 Å². The predicted molar refractivity (Wildman–Crippen MR) is 83.4 cm³/mol. The Morgan fingerprint density at radius 2 is 1.91 bits per heavy atom. The third-order valence-corrected chi connectivity index (χ3v) is 3.10. The summed E-state index contributed by atoms with van der Waals surface area (Å²) < 4.78 is 9.97. The van der Waals surface area contributed by atoms with Gasteiger partial charge in [0.1, 0.15) is 5.75 Å². The molecule has 0 spiro atoms. The number of carbonyl (C=O) groups is 2. The largest absolute Gasteiger partial charge is 0.484 e. The van der Waals surface area contributed by atoms with Gasteiger partial charge in [-0.25, -0.2) is 4.79 Å². The van der Waals surface area contributed by atoms with E-state index in [1.165, 1.54) is 13.2 Å². The fourth-order valence-corrected chi connectivity index (χ4v) is 1.91. The summed E-state index contributed by atoms with van der Waals surface area (Å²) in [6.07, 6.45) is 0. The van der Waals surface area contributed by atoms with E-state index in [1.807, 2.05) is 0 Å². The lowest BCUT2D eigenvalue weighted by molar-refractivity contribution is -0.118. The molecule has 0 aliphatic rings. The normalized spacial score (nSPS) is 9.91. The highest BCUT2D eigenvalue weighted by atomic mass is 35.5. The van der Waals surface area contributed by atoms with Crippen LogP contribution in [0.25, 0.3) is 0 Å². The maximum atomic E-state index is 11.8. The number of methoxy groups -OCH3 is 1. The van der Waals surface area contributed by atoms with Gasteiger partial charge in [0.15, 0.2) is 6.61 Å². The molecule has 0 fully saturated rings. The first-order chi connectivity index (χ1) is 10.6. The molecule has 0 bridgehead atoms. The Hall–Kier alpha value is -2.53. The minimum atomic E-state index is -0.467. The van der Waals surface area contributed by atoms with Gasteiger partial charge in [-0.1, -0.05) is 29.8 Å². The second-order valence-corrected chi connectivity index (χ2v) is 4.74. The molecule has 0 aromatic heterocycles. The van der Waals surface area contributed by atoms with Crippen molar-refractivity contribution < 1.29 is 19.1 Å². The first kappa shape index (κ1) is 15.9. The number of nitrogens with one attached hydrogen (secondary N) is 1. The maximum Gasteiger partial charge on any atom is 0.337 e. The summed E-state index contributed by atoms with van der Waals surface area (Å²) in [5.41, 5.74) is 0.868. The fourth-order valence-electron chi connectivity index (χ4n) is 1.73. The predicted octanol–water partition coefficient (Wildman–Crippen LogP) is 3.14. The van der Waals surface area contributed by atoms with Crippen LogP contribution in [-0.2, 0) is 9.53 Å². The van der Waals surface area contributed by atoms with Crippen molar-refractivity contribution in [2.24, 2.45) is 0 Å². The average Bonchev–Trinajstić information content (AvgIpc) is 2.54. The molecular formula is C16H14ClNO4. The number of para-hydroxylation sites is 1. The molecule has 0 atom stereocenters. The third kappa shape index (κ3) is 4.23. The molecule has 0 unspecified atom stereocenters. The highest BCUT2D eigenvalue weighted by molar-refractivity contribution is 6.33. The van der Waals surface area contributed by atoms with Gasteiger partial charge in [-0.15, -0.1) is 0 Å². The highest BCUT2D eigenvalue weighted by Gasteiger charge is 2.09.